The summed E-state index contributed by atoms with van der Waals surface area (Å²) >= 11 is 13.0. The molecule has 0 spiro atoms. The smallest absolute Gasteiger partial charge is 0.160 e. The van der Waals surface area contributed by atoms with E-state index in [1.165, 1.54) is 0 Å². The van der Waals surface area contributed by atoms with Crippen LogP contribution in [0.25, 0.3) is 0 Å². The third-order valence-corrected chi connectivity index (χ3v) is 8.31. The lowest BCUT2D eigenvalue weighted by Gasteiger charge is -2.24. The molecule has 0 aliphatic heterocycles. The van der Waals surface area contributed by atoms with Crippen molar-refractivity contribution in [3.8, 4) is 0 Å². The van der Waals surface area contributed by atoms with Crippen LogP contribution in [0.3, 0.4) is 0 Å². The van der Waals surface area contributed by atoms with Gasteiger partial charge in [0.15, 0.2) is 14.8 Å². The highest BCUT2D eigenvalue weighted by Gasteiger charge is 2.29. The maximum Gasteiger partial charge on any atom is 0.160 e. The zero-order valence-electron chi connectivity index (χ0n) is 10.4. The minimum atomic E-state index is -1.66. The lowest BCUT2D eigenvalue weighted by Crippen LogP contribution is -2.25. The first-order chi connectivity index (χ1) is 7.21. The van der Waals surface area contributed by atoms with Crippen LogP contribution in [0.15, 0.2) is 36.5 Å². The highest BCUT2D eigenvalue weighted by Crippen LogP contribution is 2.34. The van der Waals surface area contributed by atoms with Gasteiger partial charge in [0, 0.05) is 11.1 Å². The molecule has 1 rings (SSSR count). The molecule has 0 radical (unpaired) electrons. The largest absolute Gasteiger partial charge is 0.167 e. The minimum Gasteiger partial charge on any atom is -0.167 e. The fraction of sp³-hybridized carbons (Fsp3) is 0.500. The first kappa shape index (κ1) is 14.3. The Morgan fingerprint density at radius 2 is 1.00 bits per heavy atom. The lowest BCUT2D eigenvalue weighted by molar-refractivity contribution is 1.21. The molecule has 0 N–H and O–H groups in total. The molecule has 1 aliphatic carbocycles. The van der Waals surface area contributed by atoms with Gasteiger partial charge in [-0.2, -0.15) is 22.2 Å². The van der Waals surface area contributed by atoms with Gasteiger partial charge in [0.2, 0.25) is 0 Å². The van der Waals surface area contributed by atoms with Crippen LogP contribution in [0, 0.1) is 0 Å². The molecule has 0 heterocycles. The molecule has 0 fully saturated rings. The second-order valence-corrected chi connectivity index (χ2v) is 18.8. The van der Waals surface area contributed by atoms with E-state index in [4.69, 9.17) is 22.2 Å². The predicted molar refractivity (Wildman–Crippen MR) is 81.6 cm³/mol. The molecule has 0 aromatic heterocycles. The quantitative estimate of drug-likeness (QED) is 0.368. The molecule has 0 saturated heterocycles. The van der Waals surface area contributed by atoms with Crippen molar-refractivity contribution in [3.05, 3.63) is 36.5 Å². The number of rotatable bonds is 2. The molecule has 0 aromatic rings. The molecule has 90 valence electrons. The van der Waals surface area contributed by atoms with Gasteiger partial charge in [0.1, 0.15) is 0 Å². The van der Waals surface area contributed by atoms with E-state index in [0.29, 0.717) is 11.1 Å². The second-order valence-electron chi connectivity index (χ2n) is 5.34. The van der Waals surface area contributed by atoms with Crippen LogP contribution < -0.4 is 0 Å². The number of hydrogen-bond acceptors (Lipinski definition) is 0. The average Bonchev–Trinajstić information content (AvgIpc) is 1.96. The van der Waals surface area contributed by atoms with Gasteiger partial charge in [-0.1, -0.05) is 62.6 Å². The average molecular weight is 291 g/mol. The van der Waals surface area contributed by atoms with Crippen LogP contribution >= 0.6 is 22.2 Å². The molecule has 16 heavy (non-hydrogen) atoms. The van der Waals surface area contributed by atoms with Crippen molar-refractivity contribution in [3.63, 3.8) is 0 Å². The van der Waals surface area contributed by atoms with Gasteiger partial charge in [-0.25, -0.2) is 0 Å². The van der Waals surface area contributed by atoms with Crippen LogP contribution in [-0.4, -0.2) is 14.8 Å². The Bertz CT molecular complexity index is 287. The normalized spacial score (nSPS) is 26.6. The van der Waals surface area contributed by atoms with Gasteiger partial charge in [-0.3, -0.25) is 0 Å². The lowest BCUT2D eigenvalue weighted by atomic mass is 10.2. The first-order valence-electron chi connectivity index (χ1n) is 5.62. The molecule has 0 nitrogen and oxygen atoms in total. The molecule has 1 aliphatic rings. The van der Waals surface area contributed by atoms with Crippen molar-refractivity contribution in [2.24, 2.45) is 0 Å². The van der Waals surface area contributed by atoms with Gasteiger partial charge in [0.25, 0.3) is 0 Å². The zero-order valence-corrected chi connectivity index (χ0v) is 13.9. The molecule has 0 amide bonds. The fourth-order valence-corrected chi connectivity index (χ4v) is 4.80. The van der Waals surface area contributed by atoms with Crippen molar-refractivity contribution < 1.29 is 0 Å². The number of halogens is 2. The van der Waals surface area contributed by atoms with E-state index in [-0.39, 0.29) is 0 Å². The molecular formula is C12H20Cl2Si2. The number of hydrogen-bond donors (Lipinski definition) is 0. The fourth-order valence-electron chi connectivity index (χ4n) is 1.65. The Morgan fingerprint density at radius 1 is 0.688 bits per heavy atom. The summed E-state index contributed by atoms with van der Waals surface area (Å²) in [6.07, 6.45) is 13.1. The van der Waals surface area contributed by atoms with E-state index in [9.17, 15) is 0 Å². The predicted octanol–water partition coefficient (Wildman–Crippen LogP) is 5.30. The number of allylic oxidation sites excluding steroid dienone is 6. The molecule has 2 unspecified atom stereocenters. The Hall–Kier alpha value is 0.234. The summed E-state index contributed by atoms with van der Waals surface area (Å²) in [7, 11) is -3.33. The van der Waals surface area contributed by atoms with Crippen molar-refractivity contribution in [1.29, 1.82) is 0 Å². The molecule has 2 atom stereocenters. The van der Waals surface area contributed by atoms with Crippen molar-refractivity contribution >= 4 is 36.9 Å². The van der Waals surface area contributed by atoms with Gasteiger partial charge in [-0.15, -0.1) is 0 Å². The Balaban J connectivity index is 2.94. The molecule has 0 aromatic carbocycles. The topological polar surface area (TPSA) is 0 Å². The monoisotopic (exact) mass is 290 g/mol. The Morgan fingerprint density at radius 3 is 1.25 bits per heavy atom. The van der Waals surface area contributed by atoms with E-state index in [0.717, 1.165) is 0 Å². The SMILES string of the molecule is C[Si](C)(Cl)C1C=CC=CC([Si](C)(C)Cl)C=C1. The molecule has 0 saturated carbocycles. The van der Waals surface area contributed by atoms with Crippen LogP contribution in [0.5, 0.6) is 0 Å². The van der Waals surface area contributed by atoms with Crippen LogP contribution in [-0.2, 0) is 0 Å². The van der Waals surface area contributed by atoms with E-state index in [2.05, 4.69) is 62.6 Å². The summed E-state index contributed by atoms with van der Waals surface area (Å²) in [5.41, 5.74) is 0.796. The molecular weight excluding hydrogens is 271 g/mol. The van der Waals surface area contributed by atoms with E-state index in [1.54, 1.807) is 0 Å². The van der Waals surface area contributed by atoms with E-state index in [1.807, 2.05) is 0 Å². The summed E-state index contributed by atoms with van der Waals surface area (Å²) < 4.78 is 0. The summed E-state index contributed by atoms with van der Waals surface area (Å²) in [5, 5.41) is 0. The molecule has 4 heteroatoms. The van der Waals surface area contributed by atoms with Gasteiger partial charge in [-0.05, 0) is 0 Å². The minimum absolute atomic E-state index is 0.398. The second kappa shape index (κ2) is 5.26. The maximum atomic E-state index is 6.49. The van der Waals surface area contributed by atoms with Crippen molar-refractivity contribution in [2.75, 3.05) is 0 Å². The Labute approximate surface area is 110 Å². The zero-order chi connectivity index (χ0) is 12.4. The summed E-state index contributed by atoms with van der Waals surface area (Å²) in [6, 6.07) is 0. The van der Waals surface area contributed by atoms with Crippen LogP contribution in [0.1, 0.15) is 0 Å². The summed E-state index contributed by atoms with van der Waals surface area (Å²) in [6.45, 7) is 8.71. The van der Waals surface area contributed by atoms with Crippen molar-refractivity contribution in [2.45, 2.75) is 37.3 Å². The third kappa shape index (κ3) is 4.24. The van der Waals surface area contributed by atoms with E-state index < -0.39 is 14.8 Å². The van der Waals surface area contributed by atoms with Crippen molar-refractivity contribution in [1.82, 2.24) is 0 Å². The third-order valence-electron chi connectivity index (χ3n) is 2.86. The van der Waals surface area contributed by atoms with Crippen LogP contribution in [0.4, 0.5) is 0 Å². The molecule has 0 bridgehead atoms. The maximum absolute atomic E-state index is 6.49. The van der Waals surface area contributed by atoms with Gasteiger partial charge < -0.3 is 0 Å². The Kier molecular flexibility index (Phi) is 4.70. The summed E-state index contributed by atoms with van der Waals surface area (Å²) in [4.78, 5) is 0. The standard InChI is InChI=1S/C12H20Cl2Si2/c1-15(2,13)11-7-5-6-8-12(10-9-11)16(3,4)14/h5-12H,1-4H3. The first-order valence-corrected chi connectivity index (χ1v) is 13.8. The highest BCUT2D eigenvalue weighted by atomic mass is 35.6. The van der Waals surface area contributed by atoms with Gasteiger partial charge in [0.05, 0.1) is 0 Å². The van der Waals surface area contributed by atoms with E-state index >= 15 is 0 Å². The summed E-state index contributed by atoms with van der Waals surface area (Å²) in [5.74, 6) is 0. The van der Waals surface area contributed by atoms with Crippen LogP contribution in [0.2, 0.25) is 37.3 Å². The van der Waals surface area contributed by atoms with Gasteiger partial charge >= 0.3 is 0 Å². The highest BCUT2D eigenvalue weighted by molar-refractivity contribution is 7.20.